The summed E-state index contributed by atoms with van der Waals surface area (Å²) in [4.78, 5) is 28.3. The summed E-state index contributed by atoms with van der Waals surface area (Å²) < 4.78 is 5.09. The molecule has 1 N–H and O–H groups in total. The number of carbonyl (C=O) groups is 2. The van der Waals surface area contributed by atoms with Gasteiger partial charge in [0.25, 0.3) is 5.91 Å². The third kappa shape index (κ3) is 5.39. The predicted octanol–water partition coefficient (Wildman–Crippen LogP) is 3.76. The van der Waals surface area contributed by atoms with Crippen molar-refractivity contribution >= 4 is 23.5 Å². The Labute approximate surface area is 156 Å². The van der Waals surface area contributed by atoms with Crippen LogP contribution in [0.15, 0.2) is 36.4 Å². The summed E-state index contributed by atoms with van der Waals surface area (Å²) in [6.45, 7) is 4.97. The van der Waals surface area contributed by atoms with Gasteiger partial charge in [0.1, 0.15) is 5.75 Å². The first-order valence-corrected chi connectivity index (χ1v) is 8.30. The molecule has 1 amide bonds. The standard InChI is InChI=1S/C19H20ClNO5/c1-12-8-16(20)9-13(2)19(12)26-21(14(3)22)10-15-4-6-17(7-5-15)25-11-18(23)24/h4-9H,10-11H2,1-3H3,(H,23,24). The van der Waals surface area contributed by atoms with E-state index < -0.39 is 12.6 Å². The van der Waals surface area contributed by atoms with Crippen LogP contribution in [0.4, 0.5) is 0 Å². The van der Waals surface area contributed by atoms with E-state index in [0.29, 0.717) is 16.5 Å². The Hall–Kier alpha value is -2.73. The number of halogens is 1. The van der Waals surface area contributed by atoms with Gasteiger partial charge in [-0.05, 0) is 54.8 Å². The second kappa shape index (κ2) is 8.58. The molecule has 0 aliphatic carbocycles. The number of carboxylic acid groups (broad SMARTS) is 1. The van der Waals surface area contributed by atoms with Gasteiger partial charge < -0.3 is 14.7 Å². The normalized spacial score (nSPS) is 10.3. The highest BCUT2D eigenvalue weighted by atomic mass is 35.5. The molecule has 0 heterocycles. The van der Waals surface area contributed by atoms with Crippen molar-refractivity contribution in [2.24, 2.45) is 0 Å². The van der Waals surface area contributed by atoms with Crippen molar-refractivity contribution in [1.82, 2.24) is 5.06 Å². The molecule has 138 valence electrons. The Bertz CT molecular complexity index is 781. The molecule has 0 atom stereocenters. The highest BCUT2D eigenvalue weighted by molar-refractivity contribution is 6.30. The van der Waals surface area contributed by atoms with E-state index in [1.54, 1.807) is 36.4 Å². The number of rotatable bonds is 7. The van der Waals surface area contributed by atoms with Crippen LogP contribution >= 0.6 is 11.6 Å². The number of hydrogen-bond donors (Lipinski definition) is 1. The smallest absolute Gasteiger partial charge is 0.341 e. The van der Waals surface area contributed by atoms with Crippen LogP contribution in [0.5, 0.6) is 11.5 Å². The molecule has 0 bridgehead atoms. The first-order valence-electron chi connectivity index (χ1n) is 7.92. The summed E-state index contributed by atoms with van der Waals surface area (Å²) >= 11 is 6.03. The van der Waals surface area contributed by atoms with Crippen molar-refractivity contribution in [3.05, 3.63) is 58.1 Å². The number of hydroxylamine groups is 2. The summed E-state index contributed by atoms with van der Waals surface area (Å²) in [5.74, 6) is -0.259. The zero-order valence-corrected chi connectivity index (χ0v) is 15.5. The number of hydrogen-bond acceptors (Lipinski definition) is 4. The van der Waals surface area contributed by atoms with E-state index in [1.165, 1.54) is 12.0 Å². The lowest BCUT2D eigenvalue weighted by molar-refractivity contribution is -0.157. The quantitative estimate of drug-likeness (QED) is 0.743. The number of ether oxygens (including phenoxy) is 1. The molecule has 6 nitrogen and oxygen atoms in total. The van der Waals surface area contributed by atoms with Crippen molar-refractivity contribution < 1.29 is 24.3 Å². The Balaban J connectivity index is 2.11. The van der Waals surface area contributed by atoms with Crippen LogP contribution in [-0.4, -0.2) is 28.7 Å². The van der Waals surface area contributed by atoms with Crippen LogP contribution in [0.2, 0.25) is 5.02 Å². The van der Waals surface area contributed by atoms with E-state index in [1.807, 2.05) is 13.8 Å². The van der Waals surface area contributed by atoms with Gasteiger partial charge in [0.2, 0.25) is 0 Å². The summed E-state index contributed by atoms with van der Waals surface area (Å²) in [6.07, 6.45) is 0. The van der Waals surface area contributed by atoms with Crippen molar-refractivity contribution in [2.45, 2.75) is 27.3 Å². The lowest BCUT2D eigenvalue weighted by atomic mass is 10.1. The molecular weight excluding hydrogens is 358 g/mol. The van der Waals surface area contributed by atoms with Crippen molar-refractivity contribution in [3.63, 3.8) is 0 Å². The second-order valence-electron chi connectivity index (χ2n) is 5.84. The fraction of sp³-hybridized carbons (Fsp3) is 0.263. The van der Waals surface area contributed by atoms with Gasteiger partial charge in [0, 0.05) is 11.9 Å². The number of nitrogens with zero attached hydrogens (tertiary/aromatic N) is 1. The van der Waals surface area contributed by atoms with Gasteiger partial charge in [0.05, 0.1) is 6.54 Å². The van der Waals surface area contributed by atoms with Crippen LogP contribution in [0.1, 0.15) is 23.6 Å². The second-order valence-corrected chi connectivity index (χ2v) is 6.28. The molecule has 2 aromatic carbocycles. The number of aryl methyl sites for hydroxylation is 2. The fourth-order valence-corrected chi connectivity index (χ4v) is 2.69. The van der Waals surface area contributed by atoms with Gasteiger partial charge in [-0.25, -0.2) is 4.79 Å². The SMILES string of the molecule is CC(=O)N(Cc1ccc(OCC(=O)O)cc1)Oc1c(C)cc(Cl)cc1C. The molecular formula is C19H20ClNO5. The van der Waals surface area contributed by atoms with E-state index in [4.69, 9.17) is 26.3 Å². The van der Waals surface area contributed by atoms with Crippen LogP contribution in [0, 0.1) is 13.8 Å². The highest BCUT2D eigenvalue weighted by Crippen LogP contribution is 2.28. The minimum Gasteiger partial charge on any atom is -0.482 e. The van der Waals surface area contributed by atoms with Gasteiger partial charge >= 0.3 is 5.97 Å². The lowest BCUT2D eigenvalue weighted by Gasteiger charge is -2.23. The molecule has 0 aromatic heterocycles. The zero-order valence-electron chi connectivity index (χ0n) is 14.8. The Morgan fingerprint density at radius 2 is 1.69 bits per heavy atom. The van der Waals surface area contributed by atoms with Crippen LogP contribution in [-0.2, 0) is 16.1 Å². The highest BCUT2D eigenvalue weighted by Gasteiger charge is 2.16. The molecule has 2 rings (SSSR count). The maximum absolute atomic E-state index is 12.0. The van der Waals surface area contributed by atoms with Crippen LogP contribution < -0.4 is 9.57 Å². The molecule has 2 aromatic rings. The number of benzene rings is 2. The topological polar surface area (TPSA) is 76.1 Å². The molecule has 0 fully saturated rings. The first kappa shape index (κ1) is 19.6. The third-order valence-electron chi connectivity index (χ3n) is 3.59. The fourth-order valence-electron chi connectivity index (χ4n) is 2.36. The number of aliphatic carboxylic acids is 1. The molecule has 0 spiro atoms. The van der Waals surface area contributed by atoms with E-state index in [9.17, 15) is 9.59 Å². The molecule has 0 radical (unpaired) electrons. The monoisotopic (exact) mass is 377 g/mol. The lowest BCUT2D eigenvalue weighted by Crippen LogP contribution is -2.32. The summed E-state index contributed by atoms with van der Waals surface area (Å²) in [5.41, 5.74) is 2.48. The maximum atomic E-state index is 12.0. The van der Waals surface area contributed by atoms with Gasteiger partial charge in [0.15, 0.2) is 12.4 Å². The molecule has 0 saturated carbocycles. The predicted molar refractivity (Wildman–Crippen MR) is 97.4 cm³/mol. The number of amides is 1. The summed E-state index contributed by atoms with van der Waals surface area (Å²) in [7, 11) is 0. The summed E-state index contributed by atoms with van der Waals surface area (Å²) in [5, 5.41) is 10.5. The summed E-state index contributed by atoms with van der Waals surface area (Å²) in [6, 6.07) is 10.3. The average Bonchev–Trinajstić information content (AvgIpc) is 2.55. The Morgan fingerprint density at radius 3 is 2.19 bits per heavy atom. The molecule has 7 heteroatoms. The van der Waals surface area contributed by atoms with E-state index in [2.05, 4.69) is 0 Å². The third-order valence-corrected chi connectivity index (χ3v) is 3.81. The van der Waals surface area contributed by atoms with Crippen molar-refractivity contribution in [3.8, 4) is 11.5 Å². The minimum atomic E-state index is -1.04. The average molecular weight is 378 g/mol. The Morgan fingerprint density at radius 1 is 1.12 bits per heavy atom. The largest absolute Gasteiger partial charge is 0.482 e. The molecule has 26 heavy (non-hydrogen) atoms. The van der Waals surface area contributed by atoms with Gasteiger partial charge in [-0.15, -0.1) is 0 Å². The number of carboxylic acids is 1. The van der Waals surface area contributed by atoms with E-state index >= 15 is 0 Å². The Kier molecular flexibility index (Phi) is 6.46. The van der Waals surface area contributed by atoms with Gasteiger partial charge in [-0.2, -0.15) is 5.06 Å². The first-order chi connectivity index (χ1) is 12.3. The zero-order chi connectivity index (χ0) is 19.3. The van der Waals surface area contributed by atoms with E-state index in [0.717, 1.165) is 16.7 Å². The van der Waals surface area contributed by atoms with Crippen molar-refractivity contribution in [1.29, 1.82) is 0 Å². The van der Waals surface area contributed by atoms with Crippen molar-refractivity contribution in [2.75, 3.05) is 6.61 Å². The molecule has 0 aliphatic rings. The molecule has 0 unspecified atom stereocenters. The van der Waals surface area contributed by atoms with Gasteiger partial charge in [-0.3, -0.25) is 4.79 Å². The minimum absolute atomic E-state index is 0.232. The van der Waals surface area contributed by atoms with Gasteiger partial charge in [-0.1, -0.05) is 23.7 Å². The van der Waals surface area contributed by atoms with Crippen LogP contribution in [0.3, 0.4) is 0 Å². The van der Waals surface area contributed by atoms with Crippen LogP contribution in [0.25, 0.3) is 0 Å². The number of carbonyl (C=O) groups excluding carboxylic acids is 1. The molecule has 0 saturated heterocycles. The van der Waals surface area contributed by atoms with E-state index in [-0.39, 0.29) is 12.5 Å². The maximum Gasteiger partial charge on any atom is 0.341 e. The molecule has 0 aliphatic heterocycles.